The lowest BCUT2D eigenvalue weighted by Gasteiger charge is -2.27. The second-order valence-corrected chi connectivity index (χ2v) is 6.77. The van der Waals surface area contributed by atoms with Gasteiger partial charge in [-0.1, -0.05) is 72.8 Å². The number of hydrogen-bond donors (Lipinski definition) is 1. The molecule has 3 aromatic rings. The van der Waals surface area contributed by atoms with Crippen molar-refractivity contribution in [2.75, 3.05) is 6.54 Å². The van der Waals surface area contributed by atoms with Crippen molar-refractivity contribution >= 4 is 16.6 Å². The minimum Gasteiger partial charge on any atom is -0.510 e. The van der Waals surface area contributed by atoms with Crippen LogP contribution in [0.2, 0.25) is 0 Å². The van der Waals surface area contributed by atoms with Crippen molar-refractivity contribution in [3.05, 3.63) is 95.3 Å². The predicted molar refractivity (Wildman–Crippen MR) is 104 cm³/mol. The molecule has 0 fully saturated rings. The number of nitrogens with zero attached hydrogens (tertiary/aromatic N) is 1. The zero-order valence-corrected chi connectivity index (χ0v) is 14.7. The van der Waals surface area contributed by atoms with Crippen molar-refractivity contribution in [2.24, 2.45) is 0 Å². The first-order valence-electron chi connectivity index (χ1n) is 8.83. The van der Waals surface area contributed by atoms with Crippen LogP contribution < -0.4 is 0 Å². The molecule has 3 aromatic carbocycles. The van der Waals surface area contributed by atoms with Crippen LogP contribution in [0.15, 0.2) is 84.1 Å². The van der Waals surface area contributed by atoms with E-state index in [-0.39, 0.29) is 17.6 Å². The summed E-state index contributed by atoms with van der Waals surface area (Å²) in [5.74, 6) is 0.114. The van der Waals surface area contributed by atoms with Crippen LogP contribution in [0.3, 0.4) is 0 Å². The molecule has 0 aromatic heterocycles. The van der Waals surface area contributed by atoms with Crippen LogP contribution >= 0.6 is 0 Å². The lowest BCUT2D eigenvalue weighted by molar-refractivity contribution is -0.114. The van der Waals surface area contributed by atoms with E-state index < -0.39 is 0 Å². The van der Waals surface area contributed by atoms with Gasteiger partial charge in [0.25, 0.3) is 0 Å². The molecule has 4 rings (SSSR count). The Hall–Kier alpha value is -2.91. The van der Waals surface area contributed by atoms with Gasteiger partial charge in [0.15, 0.2) is 5.78 Å². The Morgan fingerprint density at radius 1 is 1.00 bits per heavy atom. The highest BCUT2D eigenvalue weighted by Crippen LogP contribution is 2.38. The highest BCUT2D eigenvalue weighted by molar-refractivity contribution is 5.96. The fourth-order valence-corrected chi connectivity index (χ4v) is 3.91. The van der Waals surface area contributed by atoms with Crippen molar-refractivity contribution in [2.45, 2.75) is 19.5 Å². The van der Waals surface area contributed by atoms with Crippen LogP contribution in [0.4, 0.5) is 0 Å². The summed E-state index contributed by atoms with van der Waals surface area (Å²) in [5.41, 5.74) is 2.74. The first-order valence-corrected chi connectivity index (χ1v) is 8.83. The third kappa shape index (κ3) is 2.91. The number of hydrogen-bond acceptors (Lipinski definition) is 3. The smallest absolute Gasteiger partial charge is 0.161 e. The number of carbonyl (C=O) groups excluding carboxylic acids is 1. The summed E-state index contributed by atoms with van der Waals surface area (Å²) in [5, 5.41) is 12.9. The molecule has 1 aliphatic rings. The highest BCUT2D eigenvalue weighted by atomic mass is 16.3. The Morgan fingerprint density at radius 2 is 1.69 bits per heavy atom. The molecule has 0 radical (unpaired) electrons. The molecule has 26 heavy (non-hydrogen) atoms. The van der Waals surface area contributed by atoms with Gasteiger partial charge in [0, 0.05) is 6.54 Å². The van der Waals surface area contributed by atoms with E-state index in [1.165, 1.54) is 23.3 Å². The SMILES string of the molecule is CC(=O)C1=C(O)CN(Cc2cccc3ccccc23)C1c1ccccc1. The number of fused-ring (bicyclic) bond motifs is 1. The zero-order valence-electron chi connectivity index (χ0n) is 14.7. The van der Waals surface area contributed by atoms with E-state index in [1.54, 1.807) is 0 Å². The monoisotopic (exact) mass is 343 g/mol. The molecule has 3 nitrogen and oxygen atoms in total. The number of benzene rings is 3. The van der Waals surface area contributed by atoms with Crippen molar-refractivity contribution in [3.8, 4) is 0 Å². The fourth-order valence-electron chi connectivity index (χ4n) is 3.91. The van der Waals surface area contributed by atoms with Gasteiger partial charge < -0.3 is 5.11 Å². The van der Waals surface area contributed by atoms with E-state index in [1.807, 2.05) is 42.5 Å². The number of Topliss-reactive ketones (excluding diaryl/α,β-unsaturated/α-hetero) is 1. The molecule has 0 bridgehead atoms. The van der Waals surface area contributed by atoms with E-state index in [9.17, 15) is 9.90 Å². The van der Waals surface area contributed by atoms with E-state index in [0.29, 0.717) is 18.7 Å². The molecule has 1 unspecified atom stereocenters. The number of ketones is 1. The summed E-state index contributed by atoms with van der Waals surface area (Å²) in [7, 11) is 0. The maximum absolute atomic E-state index is 12.2. The van der Waals surface area contributed by atoms with E-state index >= 15 is 0 Å². The number of aliphatic hydroxyl groups is 1. The van der Waals surface area contributed by atoms with Gasteiger partial charge in [-0.05, 0) is 28.8 Å². The largest absolute Gasteiger partial charge is 0.510 e. The molecule has 0 saturated heterocycles. The Balaban J connectivity index is 1.75. The number of carbonyl (C=O) groups is 1. The standard InChI is InChI=1S/C23H21NO2/c1-16(25)22-21(26)15-24(23(22)18-9-3-2-4-10-18)14-19-12-7-11-17-8-5-6-13-20(17)19/h2-13,23,26H,14-15H2,1H3. The lowest BCUT2D eigenvalue weighted by atomic mass is 9.96. The Labute approximate surface area is 153 Å². The molecule has 1 atom stereocenters. The quantitative estimate of drug-likeness (QED) is 0.740. The van der Waals surface area contributed by atoms with Gasteiger partial charge in [0.05, 0.1) is 18.2 Å². The van der Waals surface area contributed by atoms with Crippen LogP contribution in [0.1, 0.15) is 24.1 Å². The summed E-state index contributed by atoms with van der Waals surface area (Å²) < 4.78 is 0. The maximum Gasteiger partial charge on any atom is 0.161 e. The van der Waals surface area contributed by atoms with Crippen molar-refractivity contribution in [1.82, 2.24) is 4.90 Å². The maximum atomic E-state index is 12.2. The minimum absolute atomic E-state index is 0.0724. The third-order valence-corrected chi connectivity index (χ3v) is 5.05. The lowest BCUT2D eigenvalue weighted by Crippen LogP contribution is -2.26. The fraction of sp³-hybridized carbons (Fsp3) is 0.174. The van der Waals surface area contributed by atoms with Gasteiger partial charge in [0.2, 0.25) is 0 Å². The minimum atomic E-state index is -0.215. The molecule has 1 aliphatic heterocycles. The van der Waals surface area contributed by atoms with Gasteiger partial charge >= 0.3 is 0 Å². The normalized spacial score (nSPS) is 17.8. The third-order valence-electron chi connectivity index (χ3n) is 5.05. The Morgan fingerprint density at radius 3 is 2.46 bits per heavy atom. The van der Waals surface area contributed by atoms with Gasteiger partial charge in [-0.15, -0.1) is 0 Å². The first-order chi connectivity index (χ1) is 12.6. The second kappa shape index (κ2) is 6.77. The van der Waals surface area contributed by atoms with Gasteiger partial charge in [0.1, 0.15) is 5.76 Å². The molecular weight excluding hydrogens is 322 g/mol. The summed E-state index contributed by atoms with van der Waals surface area (Å²) in [6, 6.07) is 24.3. The van der Waals surface area contributed by atoms with Crippen LogP contribution in [0, 0.1) is 0 Å². The topological polar surface area (TPSA) is 40.5 Å². The summed E-state index contributed by atoms with van der Waals surface area (Å²) >= 11 is 0. The Kier molecular flexibility index (Phi) is 4.31. The molecule has 1 N–H and O–H groups in total. The molecule has 130 valence electrons. The van der Waals surface area contributed by atoms with E-state index in [0.717, 1.165) is 5.56 Å². The average molecular weight is 343 g/mol. The molecule has 0 amide bonds. The van der Waals surface area contributed by atoms with Crippen molar-refractivity contribution in [1.29, 1.82) is 0 Å². The number of rotatable bonds is 4. The summed E-state index contributed by atoms with van der Waals surface area (Å²) in [4.78, 5) is 14.4. The van der Waals surface area contributed by atoms with Gasteiger partial charge in [-0.2, -0.15) is 0 Å². The Bertz CT molecular complexity index is 986. The van der Waals surface area contributed by atoms with Crippen LogP contribution in [-0.2, 0) is 11.3 Å². The zero-order chi connectivity index (χ0) is 18.1. The van der Waals surface area contributed by atoms with Gasteiger partial charge in [-0.25, -0.2) is 0 Å². The van der Waals surface area contributed by atoms with Crippen LogP contribution in [-0.4, -0.2) is 22.3 Å². The predicted octanol–water partition coefficient (Wildman–Crippen LogP) is 4.80. The summed E-state index contributed by atoms with van der Waals surface area (Å²) in [6.07, 6.45) is 0. The molecule has 0 spiro atoms. The first kappa shape index (κ1) is 16.6. The molecule has 0 saturated carbocycles. The van der Waals surface area contributed by atoms with E-state index in [2.05, 4.69) is 35.2 Å². The molecular formula is C23H21NO2. The van der Waals surface area contributed by atoms with Crippen molar-refractivity contribution < 1.29 is 9.90 Å². The second-order valence-electron chi connectivity index (χ2n) is 6.77. The number of aliphatic hydroxyl groups excluding tert-OH is 1. The summed E-state index contributed by atoms with van der Waals surface area (Å²) in [6.45, 7) is 2.59. The molecule has 3 heteroatoms. The van der Waals surface area contributed by atoms with Crippen molar-refractivity contribution in [3.63, 3.8) is 0 Å². The van der Waals surface area contributed by atoms with Crippen LogP contribution in [0.5, 0.6) is 0 Å². The molecule has 0 aliphatic carbocycles. The average Bonchev–Trinajstić information content (AvgIpc) is 2.99. The van der Waals surface area contributed by atoms with Gasteiger partial charge in [-0.3, -0.25) is 9.69 Å². The van der Waals surface area contributed by atoms with Crippen LogP contribution in [0.25, 0.3) is 10.8 Å². The molecule has 1 heterocycles. The highest BCUT2D eigenvalue weighted by Gasteiger charge is 2.36. The van der Waals surface area contributed by atoms with E-state index in [4.69, 9.17) is 0 Å².